The maximum atomic E-state index is 12.0. The smallest absolute Gasteiger partial charge is 0.251 e. The van der Waals surface area contributed by atoms with Gasteiger partial charge in [-0.2, -0.15) is 0 Å². The first-order valence-electron chi connectivity index (χ1n) is 7.28. The fraction of sp³-hybridized carbons (Fsp3) is 0.500. The maximum Gasteiger partial charge on any atom is 0.251 e. The number of anilines is 1. The fourth-order valence-corrected chi connectivity index (χ4v) is 2.25. The molecule has 1 atom stereocenters. The molecule has 1 aromatic rings. The van der Waals surface area contributed by atoms with Gasteiger partial charge in [0.05, 0.1) is 0 Å². The average molecular weight is 291 g/mol. The first-order valence-corrected chi connectivity index (χ1v) is 7.28. The molecule has 0 aliphatic rings. The summed E-state index contributed by atoms with van der Waals surface area (Å²) in [6, 6.07) is 6.82. The molecule has 1 rings (SSSR count). The van der Waals surface area contributed by atoms with Crippen molar-refractivity contribution in [1.82, 2.24) is 5.32 Å². The third-order valence-electron chi connectivity index (χ3n) is 3.27. The number of benzene rings is 1. The molecule has 116 valence electrons. The number of amides is 2. The Morgan fingerprint density at radius 1 is 1.19 bits per heavy atom. The molecule has 21 heavy (non-hydrogen) atoms. The van der Waals surface area contributed by atoms with Crippen molar-refractivity contribution < 1.29 is 9.59 Å². The van der Waals surface area contributed by atoms with Gasteiger partial charge in [-0.05, 0) is 49.1 Å². The molecule has 0 bridgehead atoms. The molecule has 5 nitrogen and oxygen atoms in total. The minimum atomic E-state index is -0.145. The summed E-state index contributed by atoms with van der Waals surface area (Å²) in [5, 5.41) is 5.39. The lowest BCUT2D eigenvalue weighted by atomic mass is 9.94. The molecule has 0 fully saturated rings. The summed E-state index contributed by atoms with van der Waals surface area (Å²) in [6.45, 7) is 4.76. The molecular weight excluding hydrogens is 266 g/mol. The average Bonchev–Trinajstić information content (AvgIpc) is 2.45. The molecule has 1 aromatic carbocycles. The zero-order valence-corrected chi connectivity index (χ0v) is 13.0. The largest absolute Gasteiger partial charge is 0.355 e. The van der Waals surface area contributed by atoms with Gasteiger partial charge in [-0.25, -0.2) is 0 Å². The lowest BCUT2D eigenvalue weighted by Gasteiger charge is -2.16. The van der Waals surface area contributed by atoms with Crippen LogP contribution in [0.4, 0.5) is 5.69 Å². The van der Waals surface area contributed by atoms with E-state index in [4.69, 9.17) is 5.73 Å². The van der Waals surface area contributed by atoms with Gasteiger partial charge in [-0.3, -0.25) is 9.59 Å². The summed E-state index contributed by atoms with van der Waals surface area (Å²) >= 11 is 0. The second-order valence-corrected chi connectivity index (χ2v) is 5.64. The summed E-state index contributed by atoms with van der Waals surface area (Å²) in [5.74, 6) is 0.542. The van der Waals surface area contributed by atoms with Crippen LogP contribution in [-0.2, 0) is 4.79 Å². The molecule has 4 N–H and O–H groups in total. The SMILES string of the molecule is CNC(=O)c1ccc(NC(=O)CC(CN)CC(C)C)cc1. The van der Waals surface area contributed by atoms with Crippen LogP contribution in [0.1, 0.15) is 37.0 Å². The van der Waals surface area contributed by atoms with Crippen molar-refractivity contribution in [3.63, 3.8) is 0 Å². The fourth-order valence-electron chi connectivity index (χ4n) is 2.25. The van der Waals surface area contributed by atoms with E-state index in [1.54, 1.807) is 31.3 Å². The molecule has 0 radical (unpaired) electrons. The molecule has 2 amide bonds. The number of carbonyl (C=O) groups is 2. The summed E-state index contributed by atoms with van der Waals surface area (Å²) in [5.41, 5.74) is 6.96. The quantitative estimate of drug-likeness (QED) is 0.718. The third kappa shape index (κ3) is 5.95. The van der Waals surface area contributed by atoms with Gasteiger partial charge in [0, 0.05) is 24.7 Å². The summed E-state index contributed by atoms with van der Waals surface area (Å²) < 4.78 is 0. The van der Waals surface area contributed by atoms with Gasteiger partial charge in [0.1, 0.15) is 0 Å². The summed E-state index contributed by atoms with van der Waals surface area (Å²) in [4.78, 5) is 23.4. The zero-order valence-electron chi connectivity index (χ0n) is 13.0. The van der Waals surface area contributed by atoms with E-state index in [1.165, 1.54) is 0 Å². The minimum Gasteiger partial charge on any atom is -0.355 e. The number of hydrogen-bond acceptors (Lipinski definition) is 3. The molecule has 0 saturated carbocycles. The minimum absolute atomic E-state index is 0.0428. The standard InChI is InChI=1S/C16H25N3O2/c1-11(2)8-12(10-17)9-15(20)19-14-6-4-13(5-7-14)16(21)18-3/h4-7,11-12H,8-10,17H2,1-3H3,(H,18,21)(H,19,20). The van der Waals surface area contributed by atoms with Crippen LogP contribution in [0.25, 0.3) is 0 Å². The van der Waals surface area contributed by atoms with Gasteiger partial charge < -0.3 is 16.4 Å². The van der Waals surface area contributed by atoms with Crippen LogP contribution in [0.5, 0.6) is 0 Å². The van der Waals surface area contributed by atoms with Crippen LogP contribution in [0.3, 0.4) is 0 Å². The lowest BCUT2D eigenvalue weighted by molar-refractivity contribution is -0.117. The van der Waals surface area contributed by atoms with Gasteiger partial charge in [-0.15, -0.1) is 0 Å². The normalized spacial score (nSPS) is 12.0. The van der Waals surface area contributed by atoms with Crippen LogP contribution in [0.15, 0.2) is 24.3 Å². The van der Waals surface area contributed by atoms with Gasteiger partial charge in [-0.1, -0.05) is 13.8 Å². The molecule has 0 spiro atoms. The Labute approximate surface area is 126 Å². The second kappa shape index (κ2) is 8.42. The molecule has 0 heterocycles. The first-order chi connectivity index (χ1) is 9.96. The highest BCUT2D eigenvalue weighted by molar-refractivity contribution is 5.95. The van der Waals surface area contributed by atoms with Crippen molar-refractivity contribution >= 4 is 17.5 Å². The van der Waals surface area contributed by atoms with Crippen LogP contribution in [0.2, 0.25) is 0 Å². The second-order valence-electron chi connectivity index (χ2n) is 5.64. The van der Waals surface area contributed by atoms with Crippen molar-refractivity contribution in [2.24, 2.45) is 17.6 Å². The highest BCUT2D eigenvalue weighted by Gasteiger charge is 2.14. The number of rotatable bonds is 7. The number of hydrogen-bond donors (Lipinski definition) is 3. The van der Waals surface area contributed by atoms with Gasteiger partial charge >= 0.3 is 0 Å². The van der Waals surface area contributed by atoms with Crippen molar-refractivity contribution in [3.05, 3.63) is 29.8 Å². The topological polar surface area (TPSA) is 84.2 Å². The van der Waals surface area contributed by atoms with Crippen LogP contribution in [-0.4, -0.2) is 25.4 Å². The van der Waals surface area contributed by atoms with Gasteiger partial charge in [0.15, 0.2) is 0 Å². The molecule has 0 saturated heterocycles. The Bertz CT molecular complexity index is 469. The highest BCUT2D eigenvalue weighted by atomic mass is 16.2. The number of nitrogens with two attached hydrogens (primary N) is 1. The molecule has 0 aromatic heterocycles. The van der Waals surface area contributed by atoms with E-state index in [2.05, 4.69) is 24.5 Å². The predicted molar refractivity (Wildman–Crippen MR) is 85.1 cm³/mol. The lowest BCUT2D eigenvalue weighted by Crippen LogP contribution is -2.23. The Balaban J connectivity index is 2.56. The van der Waals surface area contributed by atoms with Crippen molar-refractivity contribution in [1.29, 1.82) is 0 Å². The zero-order chi connectivity index (χ0) is 15.8. The van der Waals surface area contributed by atoms with E-state index < -0.39 is 0 Å². The monoisotopic (exact) mass is 291 g/mol. The van der Waals surface area contributed by atoms with E-state index in [0.717, 1.165) is 6.42 Å². The van der Waals surface area contributed by atoms with Crippen LogP contribution < -0.4 is 16.4 Å². The highest BCUT2D eigenvalue weighted by Crippen LogP contribution is 2.16. The Kier molecular flexibility index (Phi) is 6.88. The summed E-state index contributed by atoms with van der Waals surface area (Å²) in [6.07, 6.45) is 1.37. The Morgan fingerprint density at radius 2 is 1.81 bits per heavy atom. The molecule has 1 unspecified atom stereocenters. The van der Waals surface area contributed by atoms with E-state index in [1.807, 2.05) is 0 Å². The molecular formula is C16H25N3O2. The number of nitrogens with one attached hydrogen (secondary N) is 2. The van der Waals surface area contributed by atoms with E-state index in [-0.39, 0.29) is 17.7 Å². The third-order valence-corrected chi connectivity index (χ3v) is 3.27. The van der Waals surface area contributed by atoms with Gasteiger partial charge in [0.25, 0.3) is 5.91 Å². The van der Waals surface area contributed by atoms with Crippen LogP contribution >= 0.6 is 0 Å². The maximum absolute atomic E-state index is 12.0. The summed E-state index contributed by atoms with van der Waals surface area (Å²) in [7, 11) is 1.58. The predicted octanol–water partition coefficient (Wildman–Crippen LogP) is 2.00. The Hall–Kier alpha value is -1.88. The van der Waals surface area contributed by atoms with Crippen molar-refractivity contribution in [2.45, 2.75) is 26.7 Å². The van der Waals surface area contributed by atoms with Crippen LogP contribution in [0, 0.1) is 11.8 Å². The van der Waals surface area contributed by atoms with Crippen molar-refractivity contribution in [3.8, 4) is 0 Å². The van der Waals surface area contributed by atoms with E-state index in [0.29, 0.717) is 30.1 Å². The molecule has 0 aliphatic heterocycles. The van der Waals surface area contributed by atoms with E-state index in [9.17, 15) is 9.59 Å². The molecule has 5 heteroatoms. The number of carbonyl (C=O) groups excluding carboxylic acids is 2. The van der Waals surface area contributed by atoms with Gasteiger partial charge in [0.2, 0.25) is 5.91 Å². The van der Waals surface area contributed by atoms with E-state index >= 15 is 0 Å². The first kappa shape index (κ1) is 17.2. The Morgan fingerprint density at radius 3 is 2.29 bits per heavy atom. The van der Waals surface area contributed by atoms with Crippen molar-refractivity contribution in [2.75, 3.05) is 18.9 Å². The molecule has 0 aliphatic carbocycles.